The van der Waals surface area contributed by atoms with Gasteiger partial charge < -0.3 is 10.3 Å². The first-order valence-electron chi connectivity index (χ1n) is 6.83. The maximum absolute atomic E-state index is 12.2. The Balaban J connectivity index is 1.79. The van der Waals surface area contributed by atoms with Crippen LogP contribution in [0.1, 0.15) is 31.5 Å². The lowest BCUT2D eigenvalue weighted by molar-refractivity contribution is 0.0951. The lowest BCUT2D eigenvalue weighted by atomic mass is 10.1. The van der Waals surface area contributed by atoms with Crippen LogP contribution in [0.2, 0.25) is 0 Å². The number of carbonyl (C=O) groups is 1. The first kappa shape index (κ1) is 13.8. The third-order valence-electron chi connectivity index (χ3n) is 3.66. The minimum atomic E-state index is -0.0544. The largest absolute Gasteiger partial charge is 0.358 e. The summed E-state index contributed by atoms with van der Waals surface area (Å²) >= 11 is 1.60. The van der Waals surface area contributed by atoms with Crippen LogP contribution in [0.15, 0.2) is 24.4 Å². The molecule has 3 rings (SSSR count). The number of carbonyl (C=O) groups excluding carboxylic acids is 1. The molecule has 0 aliphatic rings. The van der Waals surface area contributed by atoms with Crippen LogP contribution in [0.3, 0.4) is 0 Å². The molecule has 1 amide bonds. The van der Waals surface area contributed by atoms with Gasteiger partial charge in [-0.15, -0.1) is 11.3 Å². The van der Waals surface area contributed by atoms with E-state index in [9.17, 15) is 4.79 Å². The Bertz CT molecular complexity index is 816. The van der Waals surface area contributed by atoms with Crippen molar-refractivity contribution in [2.45, 2.75) is 27.3 Å². The summed E-state index contributed by atoms with van der Waals surface area (Å²) in [5.41, 5.74) is 4.09. The molecule has 0 radical (unpaired) electrons. The number of hydrogen-bond acceptors (Lipinski definition) is 3. The monoisotopic (exact) mass is 299 g/mol. The number of rotatable bonds is 3. The summed E-state index contributed by atoms with van der Waals surface area (Å²) in [4.78, 5) is 20.8. The highest BCUT2D eigenvalue weighted by molar-refractivity contribution is 7.11. The number of amides is 1. The normalized spacial score (nSPS) is 11.0. The van der Waals surface area contributed by atoms with Gasteiger partial charge in [-0.2, -0.15) is 0 Å². The molecule has 0 saturated heterocycles. The van der Waals surface area contributed by atoms with Gasteiger partial charge in [0, 0.05) is 33.2 Å². The van der Waals surface area contributed by atoms with E-state index in [2.05, 4.69) is 22.2 Å². The SMILES string of the molecule is Cc1ncc(CNC(=O)c2ccc3[nH]c(C)c(C)c3c2)s1. The predicted octanol–water partition coefficient (Wildman–Crippen LogP) is 3.48. The van der Waals surface area contributed by atoms with Gasteiger partial charge in [-0.25, -0.2) is 4.98 Å². The molecule has 0 spiro atoms. The Morgan fingerprint density at radius 2 is 2.14 bits per heavy atom. The second-order valence-corrected chi connectivity index (χ2v) is 6.48. The number of aromatic nitrogens is 2. The fourth-order valence-electron chi connectivity index (χ4n) is 2.36. The molecule has 21 heavy (non-hydrogen) atoms. The highest BCUT2D eigenvalue weighted by Crippen LogP contribution is 2.22. The van der Waals surface area contributed by atoms with E-state index in [1.807, 2.05) is 38.2 Å². The standard InChI is InChI=1S/C16H17N3OS/c1-9-10(2)19-15-5-4-12(6-14(9)15)16(20)18-8-13-7-17-11(3)21-13/h4-7,19H,8H2,1-3H3,(H,18,20). The van der Waals surface area contributed by atoms with Crippen LogP contribution in [0.25, 0.3) is 10.9 Å². The average Bonchev–Trinajstić information content (AvgIpc) is 3.01. The number of nitrogens with one attached hydrogen (secondary N) is 2. The molecule has 2 N–H and O–H groups in total. The van der Waals surface area contributed by atoms with Crippen LogP contribution in [0.4, 0.5) is 0 Å². The van der Waals surface area contributed by atoms with Gasteiger partial charge in [0.15, 0.2) is 0 Å². The summed E-state index contributed by atoms with van der Waals surface area (Å²) < 4.78 is 0. The minimum Gasteiger partial charge on any atom is -0.358 e. The van der Waals surface area contributed by atoms with Gasteiger partial charge in [0.05, 0.1) is 11.6 Å². The van der Waals surface area contributed by atoms with Crippen molar-refractivity contribution in [2.24, 2.45) is 0 Å². The van der Waals surface area contributed by atoms with Crippen LogP contribution in [0.5, 0.6) is 0 Å². The van der Waals surface area contributed by atoms with Crippen molar-refractivity contribution < 1.29 is 4.79 Å². The van der Waals surface area contributed by atoms with Gasteiger partial charge in [0.25, 0.3) is 5.91 Å². The van der Waals surface area contributed by atoms with E-state index in [1.54, 1.807) is 11.3 Å². The molecule has 0 bridgehead atoms. The van der Waals surface area contributed by atoms with Crippen molar-refractivity contribution in [2.75, 3.05) is 0 Å². The molecular weight excluding hydrogens is 282 g/mol. The number of thiazole rings is 1. The highest BCUT2D eigenvalue weighted by Gasteiger charge is 2.10. The maximum Gasteiger partial charge on any atom is 0.251 e. The first-order valence-corrected chi connectivity index (χ1v) is 7.64. The van der Waals surface area contributed by atoms with Crippen LogP contribution < -0.4 is 5.32 Å². The van der Waals surface area contributed by atoms with Crippen molar-refractivity contribution in [1.82, 2.24) is 15.3 Å². The van der Waals surface area contributed by atoms with Crippen LogP contribution in [-0.4, -0.2) is 15.9 Å². The molecule has 3 aromatic rings. The minimum absolute atomic E-state index is 0.0544. The van der Waals surface area contributed by atoms with Gasteiger partial charge in [-0.1, -0.05) is 0 Å². The number of benzene rings is 1. The molecule has 0 aliphatic carbocycles. The van der Waals surface area contributed by atoms with E-state index in [-0.39, 0.29) is 5.91 Å². The number of nitrogens with zero attached hydrogens (tertiary/aromatic N) is 1. The predicted molar refractivity (Wildman–Crippen MR) is 85.8 cm³/mol. The summed E-state index contributed by atoms with van der Waals surface area (Å²) in [5.74, 6) is -0.0544. The molecule has 0 unspecified atom stereocenters. The molecule has 1 aromatic carbocycles. The molecule has 4 nitrogen and oxygen atoms in total. The van der Waals surface area contributed by atoms with Crippen molar-refractivity contribution in [1.29, 1.82) is 0 Å². The van der Waals surface area contributed by atoms with E-state index in [4.69, 9.17) is 0 Å². The highest BCUT2D eigenvalue weighted by atomic mass is 32.1. The average molecular weight is 299 g/mol. The quantitative estimate of drug-likeness (QED) is 0.778. The maximum atomic E-state index is 12.2. The number of hydrogen-bond donors (Lipinski definition) is 2. The Kier molecular flexibility index (Phi) is 3.51. The fourth-order valence-corrected chi connectivity index (χ4v) is 3.09. The molecule has 0 atom stereocenters. The third kappa shape index (κ3) is 2.69. The zero-order valence-electron chi connectivity index (χ0n) is 12.3. The Labute approximate surface area is 127 Å². The van der Waals surface area contributed by atoms with Crippen LogP contribution in [0, 0.1) is 20.8 Å². The topological polar surface area (TPSA) is 57.8 Å². The zero-order chi connectivity index (χ0) is 15.0. The summed E-state index contributed by atoms with van der Waals surface area (Å²) in [6.45, 7) is 6.59. The van der Waals surface area contributed by atoms with Gasteiger partial charge in [0.2, 0.25) is 0 Å². The van der Waals surface area contributed by atoms with Crippen molar-refractivity contribution >= 4 is 28.1 Å². The van der Waals surface area contributed by atoms with Crippen molar-refractivity contribution in [3.63, 3.8) is 0 Å². The summed E-state index contributed by atoms with van der Waals surface area (Å²) in [7, 11) is 0. The number of aryl methyl sites for hydroxylation is 3. The second kappa shape index (κ2) is 5.33. The van der Waals surface area contributed by atoms with Gasteiger partial charge in [-0.3, -0.25) is 4.79 Å². The molecule has 0 saturated carbocycles. The zero-order valence-corrected chi connectivity index (χ0v) is 13.1. The van der Waals surface area contributed by atoms with E-state index < -0.39 is 0 Å². The van der Waals surface area contributed by atoms with Gasteiger partial charge >= 0.3 is 0 Å². The van der Waals surface area contributed by atoms with E-state index in [0.29, 0.717) is 12.1 Å². The lowest BCUT2D eigenvalue weighted by Gasteiger charge is -2.04. The van der Waals surface area contributed by atoms with Crippen molar-refractivity contribution in [3.8, 4) is 0 Å². The second-order valence-electron chi connectivity index (χ2n) is 5.16. The Hall–Kier alpha value is -2.14. The molecular formula is C16H17N3OS. The summed E-state index contributed by atoms with van der Waals surface area (Å²) in [6.07, 6.45) is 1.81. The van der Waals surface area contributed by atoms with Gasteiger partial charge in [0.1, 0.15) is 0 Å². The number of H-pyrrole nitrogens is 1. The Morgan fingerprint density at radius 1 is 1.33 bits per heavy atom. The van der Waals surface area contributed by atoms with Crippen molar-refractivity contribution in [3.05, 3.63) is 51.1 Å². The Morgan fingerprint density at radius 3 is 2.86 bits per heavy atom. The van der Waals surface area contributed by atoms with E-state index >= 15 is 0 Å². The fraction of sp³-hybridized carbons (Fsp3) is 0.250. The molecule has 108 valence electrons. The molecule has 2 heterocycles. The molecule has 2 aromatic heterocycles. The smallest absolute Gasteiger partial charge is 0.251 e. The van der Waals surface area contributed by atoms with Gasteiger partial charge in [-0.05, 0) is 44.5 Å². The molecule has 0 fully saturated rings. The first-order chi connectivity index (χ1) is 10.0. The lowest BCUT2D eigenvalue weighted by Crippen LogP contribution is -2.22. The number of fused-ring (bicyclic) bond motifs is 1. The van der Waals surface area contributed by atoms with Crippen LogP contribution in [-0.2, 0) is 6.54 Å². The van der Waals surface area contributed by atoms with E-state index in [1.165, 1.54) is 5.56 Å². The number of aromatic amines is 1. The summed E-state index contributed by atoms with van der Waals surface area (Å²) in [6, 6.07) is 5.76. The third-order valence-corrected chi connectivity index (χ3v) is 4.58. The van der Waals surface area contributed by atoms with E-state index in [0.717, 1.165) is 26.5 Å². The molecule has 0 aliphatic heterocycles. The molecule has 5 heteroatoms. The summed E-state index contributed by atoms with van der Waals surface area (Å²) in [5, 5.41) is 5.06. The van der Waals surface area contributed by atoms with Crippen LogP contribution >= 0.6 is 11.3 Å².